The summed E-state index contributed by atoms with van der Waals surface area (Å²) in [7, 11) is 2.10. The highest BCUT2D eigenvalue weighted by molar-refractivity contribution is 5.76. The van der Waals surface area contributed by atoms with Crippen molar-refractivity contribution in [3.63, 3.8) is 0 Å². The summed E-state index contributed by atoms with van der Waals surface area (Å²) in [6.07, 6.45) is 5.80. The molecule has 1 amide bonds. The highest BCUT2D eigenvalue weighted by Crippen LogP contribution is 2.17. The molecule has 2 N–H and O–H groups in total. The van der Waals surface area contributed by atoms with Gasteiger partial charge in [-0.3, -0.25) is 4.79 Å². The molecule has 1 aliphatic heterocycles. The highest BCUT2D eigenvalue weighted by atomic mass is 16.1. The van der Waals surface area contributed by atoms with E-state index in [2.05, 4.69) is 37.9 Å². The summed E-state index contributed by atoms with van der Waals surface area (Å²) in [4.78, 5) is 14.1. The number of carbonyl (C=O) groups is 1. The number of hydrogen-bond acceptors (Lipinski definition) is 5. The number of piperidine rings is 1. The maximum atomic E-state index is 11.8. The molecule has 1 atom stereocenters. The third-order valence-electron chi connectivity index (χ3n) is 3.63. The number of tetrazole rings is 1. The highest BCUT2D eigenvalue weighted by Gasteiger charge is 2.21. The van der Waals surface area contributed by atoms with Gasteiger partial charge in [-0.15, -0.1) is 10.2 Å². The molecule has 0 radical (unpaired) electrons. The maximum Gasteiger partial charge on any atom is 0.221 e. The van der Waals surface area contributed by atoms with Crippen LogP contribution in [0.25, 0.3) is 0 Å². The van der Waals surface area contributed by atoms with Crippen LogP contribution in [0.15, 0.2) is 0 Å². The summed E-state index contributed by atoms with van der Waals surface area (Å²) in [6, 6.07) is 0.408. The van der Waals surface area contributed by atoms with E-state index in [0.29, 0.717) is 24.8 Å². The fourth-order valence-corrected chi connectivity index (χ4v) is 2.45. The first-order valence-corrected chi connectivity index (χ1v) is 6.95. The van der Waals surface area contributed by atoms with Gasteiger partial charge >= 0.3 is 0 Å². The molecule has 106 valence electrons. The van der Waals surface area contributed by atoms with E-state index in [1.54, 1.807) is 0 Å². The molecule has 1 saturated heterocycles. The number of H-pyrrole nitrogens is 1. The van der Waals surface area contributed by atoms with Crippen LogP contribution in [0.2, 0.25) is 0 Å². The largest absolute Gasteiger partial charge is 0.356 e. The zero-order chi connectivity index (χ0) is 13.5. The molecule has 7 nitrogen and oxygen atoms in total. The first-order chi connectivity index (χ1) is 9.25. The number of nitrogens with zero attached hydrogens (tertiary/aromatic N) is 4. The molecule has 1 aliphatic rings. The second-order valence-corrected chi connectivity index (χ2v) is 5.12. The van der Waals surface area contributed by atoms with Crippen LogP contribution < -0.4 is 5.32 Å². The van der Waals surface area contributed by atoms with Gasteiger partial charge in [-0.05, 0) is 32.9 Å². The van der Waals surface area contributed by atoms with E-state index in [0.717, 1.165) is 25.8 Å². The van der Waals surface area contributed by atoms with Crippen molar-refractivity contribution < 1.29 is 4.79 Å². The first-order valence-electron chi connectivity index (χ1n) is 6.95. The summed E-state index contributed by atoms with van der Waals surface area (Å²) in [5.74, 6) is 0.841. The van der Waals surface area contributed by atoms with Crippen LogP contribution in [0.4, 0.5) is 0 Å². The third kappa shape index (κ3) is 4.59. The molecule has 7 heteroatoms. The predicted molar refractivity (Wildman–Crippen MR) is 70.4 cm³/mol. The number of aryl methyl sites for hydroxylation is 1. The number of hydrogen-bond donors (Lipinski definition) is 2. The fourth-order valence-electron chi connectivity index (χ4n) is 2.45. The first kappa shape index (κ1) is 13.9. The zero-order valence-electron chi connectivity index (χ0n) is 11.4. The molecule has 0 aliphatic carbocycles. The van der Waals surface area contributed by atoms with Crippen LogP contribution in [-0.2, 0) is 11.2 Å². The van der Waals surface area contributed by atoms with Crippen LogP contribution >= 0.6 is 0 Å². The smallest absolute Gasteiger partial charge is 0.221 e. The quantitative estimate of drug-likeness (QED) is 0.714. The van der Waals surface area contributed by atoms with Crippen molar-refractivity contribution in [1.82, 2.24) is 30.8 Å². The van der Waals surface area contributed by atoms with Crippen molar-refractivity contribution >= 4 is 5.91 Å². The van der Waals surface area contributed by atoms with E-state index in [1.807, 2.05) is 0 Å². The van der Waals surface area contributed by atoms with Gasteiger partial charge in [0.05, 0.1) is 0 Å². The van der Waals surface area contributed by atoms with E-state index >= 15 is 0 Å². The Balaban J connectivity index is 1.59. The molecule has 0 bridgehead atoms. The minimum atomic E-state index is 0.145. The predicted octanol–water partition coefficient (Wildman–Crippen LogP) is 0.123. The van der Waals surface area contributed by atoms with Gasteiger partial charge in [0.25, 0.3) is 0 Å². The number of aromatic amines is 1. The number of likely N-dealkylation sites (tertiary alicyclic amines) is 1. The molecule has 1 aromatic rings. The van der Waals surface area contributed by atoms with Gasteiger partial charge in [0.15, 0.2) is 5.82 Å². The molecule has 0 aromatic carbocycles. The molecule has 2 rings (SSSR count). The van der Waals surface area contributed by atoms with Gasteiger partial charge in [-0.25, -0.2) is 0 Å². The van der Waals surface area contributed by atoms with Gasteiger partial charge in [0.1, 0.15) is 0 Å². The Labute approximate surface area is 113 Å². The lowest BCUT2D eigenvalue weighted by Gasteiger charge is -2.31. The topological polar surface area (TPSA) is 86.8 Å². The van der Waals surface area contributed by atoms with Crippen LogP contribution in [0.5, 0.6) is 0 Å². The minimum absolute atomic E-state index is 0.145. The van der Waals surface area contributed by atoms with E-state index in [4.69, 9.17) is 0 Å². The van der Waals surface area contributed by atoms with Crippen molar-refractivity contribution in [1.29, 1.82) is 0 Å². The van der Waals surface area contributed by atoms with Gasteiger partial charge in [0.2, 0.25) is 5.91 Å². The Kier molecular flexibility index (Phi) is 5.26. The van der Waals surface area contributed by atoms with Crippen LogP contribution in [0, 0.1) is 0 Å². The lowest BCUT2D eigenvalue weighted by Crippen LogP contribution is -2.40. The number of nitrogens with one attached hydrogen (secondary N) is 2. The number of carbonyl (C=O) groups excluding carboxylic acids is 1. The molecule has 0 spiro atoms. The molecular formula is C12H22N6O. The number of amides is 1. The van der Waals surface area contributed by atoms with Gasteiger partial charge in [-0.1, -0.05) is 11.6 Å². The van der Waals surface area contributed by atoms with Crippen molar-refractivity contribution in [2.45, 2.75) is 44.6 Å². The summed E-state index contributed by atoms with van der Waals surface area (Å²) < 4.78 is 0. The monoisotopic (exact) mass is 266 g/mol. The van der Waals surface area contributed by atoms with Crippen molar-refractivity contribution in [3.8, 4) is 0 Å². The van der Waals surface area contributed by atoms with Gasteiger partial charge in [0, 0.05) is 25.4 Å². The normalized spacial score (nSPS) is 20.4. The summed E-state index contributed by atoms with van der Waals surface area (Å²) >= 11 is 0. The van der Waals surface area contributed by atoms with Crippen molar-refractivity contribution in [2.24, 2.45) is 0 Å². The van der Waals surface area contributed by atoms with E-state index in [9.17, 15) is 4.79 Å². The summed E-state index contributed by atoms with van der Waals surface area (Å²) in [5.41, 5.74) is 0. The fraction of sp³-hybridized carbons (Fsp3) is 0.833. The van der Waals surface area contributed by atoms with E-state index < -0.39 is 0 Å². The zero-order valence-corrected chi connectivity index (χ0v) is 11.4. The van der Waals surface area contributed by atoms with Gasteiger partial charge < -0.3 is 10.2 Å². The van der Waals surface area contributed by atoms with Crippen LogP contribution in [0.1, 0.15) is 37.9 Å². The Bertz CT molecular complexity index is 380. The lowest BCUT2D eigenvalue weighted by atomic mass is 10.00. The Morgan fingerprint density at radius 3 is 3.16 bits per heavy atom. The molecule has 19 heavy (non-hydrogen) atoms. The van der Waals surface area contributed by atoms with E-state index in [1.165, 1.54) is 12.8 Å². The van der Waals surface area contributed by atoms with Crippen molar-refractivity contribution in [2.75, 3.05) is 20.1 Å². The average Bonchev–Trinajstić information content (AvgIpc) is 2.91. The molecule has 2 heterocycles. The van der Waals surface area contributed by atoms with E-state index in [-0.39, 0.29) is 5.91 Å². The third-order valence-corrected chi connectivity index (χ3v) is 3.63. The van der Waals surface area contributed by atoms with Crippen LogP contribution in [0.3, 0.4) is 0 Å². The number of aromatic nitrogens is 4. The number of rotatable bonds is 6. The van der Waals surface area contributed by atoms with Crippen LogP contribution in [-0.4, -0.2) is 57.6 Å². The Morgan fingerprint density at radius 2 is 2.42 bits per heavy atom. The maximum absolute atomic E-state index is 11.8. The SMILES string of the molecule is CN1CCCC[C@H]1CC(=O)NCCCc1nn[nH]n1. The Hall–Kier alpha value is -1.50. The minimum Gasteiger partial charge on any atom is -0.356 e. The Morgan fingerprint density at radius 1 is 1.53 bits per heavy atom. The summed E-state index contributed by atoms with van der Waals surface area (Å²) in [5, 5.41) is 16.6. The molecule has 1 aromatic heterocycles. The molecule has 0 saturated carbocycles. The molecule has 0 unspecified atom stereocenters. The second kappa shape index (κ2) is 7.18. The standard InChI is InChI=1S/C12H22N6O/c1-18-8-3-2-5-10(18)9-12(19)13-7-4-6-11-14-16-17-15-11/h10H,2-9H2,1H3,(H,13,19)(H,14,15,16,17)/t10-/m0/s1. The van der Waals surface area contributed by atoms with Gasteiger partial charge in [-0.2, -0.15) is 5.21 Å². The molecule has 1 fully saturated rings. The summed E-state index contributed by atoms with van der Waals surface area (Å²) in [6.45, 7) is 1.78. The second-order valence-electron chi connectivity index (χ2n) is 5.12. The average molecular weight is 266 g/mol. The lowest BCUT2D eigenvalue weighted by molar-refractivity contribution is -0.122. The van der Waals surface area contributed by atoms with Crippen molar-refractivity contribution in [3.05, 3.63) is 5.82 Å². The molecular weight excluding hydrogens is 244 g/mol.